The molecule has 0 saturated heterocycles. The van der Waals surface area contributed by atoms with Crippen LogP contribution in [0.4, 0.5) is 5.69 Å². The number of nitrogens with zero attached hydrogens (tertiary/aromatic N) is 3. The van der Waals surface area contributed by atoms with E-state index in [9.17, 15) is 15.2 Å². The lowest BCUT2D eigenvalue weighted by Gasteiger charge is -2.11. The molecule has 0 aliphatic rings. The Bertz CT molecular complexity index is 1220. The van der Waals surface area contributed by atoms with Crippen molar-refractivity contribution in [2.45, 2.75) is 6.10 Å². The smallest absolute Gasteiger partial charge is 0.269 e. The second-order valence-corrected chi connectivity index (χ2v) is 6.93. The van der Waals surface area contributed by atoms with E-state index in [0.29, 0.717) is 11.1 Å². The molecular formula is C22H17N3O3S. The topological polar surface area (TPSA) is 81.2 Å². The van der Waals surface area contributed by atoms with Gasteiger partial charge in [0, 0.05) is 17.5 Å². The third kappa shape index (κ3) is 3.91. The van der Waals surface area contributed by atoms with Gasteiger partial charge in [-0.3, -0.25) is 10.1 Å². The van der Waals surface area contributed by atoms with E-state index in [2.05, 4.69) is 17.9 Å². The summed E-state index contributed by atoms with van der Waals surface area (Å²) in [5.41, 5.74) is 3.56. The van der Waals surface area contributed by atoms with Crippen molar-refractivity contribution in [2.75, 3.05) is 0 Å². The quantitative estimate of drug-likeness (QED) is 0.282. The number of non-ortho nitro benzene ring substituents is 1. The van der Waals surface area contributed by atoms with E-state index in [1.54, 1.807) is 24.3 Å². The second-order valence-electron chi connectivity index (χ2n) is 6.55. The normalized spacial score (nSPS) is 12.5. The molecule has 7 heteroatoms. The molecular weight excluding hydrogens is 386 g/mol. The number of nitro benzene ring substituents is 1. The number of fused-ring (bicyclic) bond motifs is 1. The van der Waals surface area contributed by atoms with Gasteiger partial charge in [-0.1, -0.05) is 60.7 Å². The van der Waals surface area contributed by atoms with Crippen molar-refractivity contribution in [2.24, 2.45) is 0 Å². The Balaban J connectivity index is 1.68. The van der Waals surface area contributed by atoms with Gasteiger partial charge in [0.25, 0.3) is 5.69 Å². The lowest BCUT2D eigenvalue weighted by atomic mass is 9.99. The molecule has 3 aromatic carbocycles. The summed E-state index contributed by atoms with van der Waals surface area (Å²) in [7, 11) is 0. The first-order valence-corrected chi connectivity index (χ1v) is 9.30. The zero-order valence-electron chi connectivity index (χ0n) is 15.2. The van der Waals surface area contributed by atoms with Gasteiger partial charge in [0.05, 0.1) is 16.1 Å². The van der Waals surface area contributed by atoms with Gasteiger partial charge >= 0.3 is 0 Å². The highest BCUT2D eigenvalue weighted by atomic mass is 32.1. The highest BCUT2D eigenvalue weighted by Gasteiger charge is 2.16. The van der Waals surface area contributed by atoms with E-state index < -0.39 is 11.0 Å². The Morgan fingerprint density at radius 3 is 2.52 bits per heavy atom. The van der Waals surface area contributed by atoms with Crippen LogP contribution >= 0.6 is 12.8 Å². The third-order valence-corrected chi connectivity index (χ3v) is 4.97. The van der Waals surface area contributed by atoms with Crippen LogP contribution in [0.15, 0.2) is 72.8 Å². The number of hydrogen-bond donors (Lipinski definition) is 2. The lowest BCUT2D eigenvalue weighted by Crippen LogP contribution is -2.01. The molecule has 29 heavy (non-hydrogen) atoms. The van der Waals surface area contributed by atoms with Gasteiger partial charge < -0.3 is 5.11 Å². The highest BCUT2D eigenvalue weighted by Crippen LogP contribution is 2.29. The predicted molar refractivity (Wildman–Crippen MR) is 117 cm³/mol. The van der Waals surface area contributed by atoms with Crippen LogP contribution in [-0.2, 0) is 0 Å². The van der Waals surface area contributed by atoms with Crippen LogP contribution in [0.1, 0.15) is 28.5 Å². The number of rotatable bonds is 5. The first kappa shape index (κ1) is 18.9. The zero-order valence-corrected chi connectivity index (χ0v) is 16.1. The average molecular weight is 403 g/mol. The molecule has 4 aromatic rings. The molecule has 1 aromatic heterocycles. The van der Waals surface area contributed by atoms with Crippen molar-refractivity contribution in [3.8, 4) is 0 Å². The van der Waals surface area contributed by atoms with Crippen LogP contribution in [0.2, 0.25) is 0 Å². The van der Waals surface area contributed by atoms with Crippen molar-refractivity contribution < 1.29 is 10.0 Å². The number of aliphatic hydroxyl groups is 1. The number of thiol groups is 1. The number of aromatic nitrogens is 2. The SMILES string of the molecule is O=[N+]([O-])c1cccc(C(O)c2ccc3c(C=Cc4ccccc4)nn(S)c3c2)c1. The van der Waals surface area contributed by atoms with Crippen molar-refractivity contribution in [3.05, 3.63) is 105 Å². The van der Waals surface area contributed by atoms with E-state index in [1.807, 2.05) is 48.6 Å². The monoisotopic (exact) mass is 403 g/mol. The van der Waals surface area contributed by atoms with Crippen LogP contribution in [0.3, 0.4) is 0 Å². The summed E-state index contributed by atoms with van der Waals surface area (Å²) < 4.78 is 1.46. The molecule has 0 amide bonds. The molecule has 0 aliphatic carbocycles. The van der Waals surface area contributed by atoms with Crippen molar-refractivity contribution in [1.82, 2.24) is 9.19 Å². The summed E-state index contributed by atoms with van der Waals surface area (Å²) in [6, 6.07) is 21.4. The van der Waals surface area contributed by atoms with Gasteiger partial charge in [0.2, 0.25) is 0 Å². The molecule has 0 radical (unpaired) electrons. The minimum Gasteiger partial charge on any atom is -0.384 e. The molecule has 0 aliphatic heterocycles. The maximum absolute atomic E-state index is 11.0. The molecule has 4 rings (SSSR count). The van der Waals surface area contributed by atoms with Crippen LogP contribution in [0.5, 0.6) is 0 Å². The first-order valence-electron chi connectivity index (χ1n) is 8.90. The minimum atomic E-state index is -0.995. The summed E-state index contributed by atoms with van der Waals surface area (Å²) in [5.74, 6) is 0. The molecule has 6 nitrogen and oxygen atoms in total. The fraction of sp³-hybridized carbons (Fsp3) is 0.0455. The van der Waals surface area contributed by atoms with Gasteiger partial charge in [0.1, 0.15) is 6.10 Å². The van der Waals surface area contributed by atoms with Crippen molar-refractivity contribution >= 4 is 41.6 Å². The maximum Gasteiger partial charge on any atom is 0.269 e. The molecule has 1 atom stereocenters. The summed E-state index contributed by atoms with van der Waals surface area (Å²) in [6.07, 6.45) is 2.90. The van der Waals surface area contributed by atoms with Gasteiger partial charge in [-0.25, -0.2) is 4.09 Å². The Kier molecular flexibility index (Phi) is 5.16. The summed E-state index contributed by atoms with van der Waals surface area (Å²) >= 11 is 4.40. The summed E-state index contributed by atoms with van der Waals surface area (Å²) in [4.78, 5) is 10.5. The summed E-state index contributed by atoms with van der Waals surface area (Å²) in [6.45, 7) is 0. The standard InChI is InChI=1S/C22H17N3O3S/c26-22(16-7-4-8-18(13-16)25(27)28)17-10-11-19-20(23-24(29)21(19)14-17)12-9-15-5-2-1-3-6-15/h1-14,22,26,29H. The van der Waals surface area contributed by atoms with E-state index in [0.717, 1.165) is 22.2 Å². The number of aliphatic hydroxyl groups excluding tert-OH is 1. The van der Waals surface area contributed by atoms with Crippen LogP contribution in [0.25, 0.3) is 23.1 Å². The van der Waals surface area contributed by atoms with Gasteiger partial charge in [-0.15, -0.1) is 0 Å². The second kappa shape index (κ2) is 7.90. The molecule has 1 unspecified atom stereocenters. The molecule has 0 spiro atoms. The number of nitro groups is 1. The average Bonchev–Trinajstić information content (AvgIpc) is 3.07. The summed E-state index contributed by atoms with van der Waals surface area (Å²) in [5, 5.41) is 27.0. The molecule has 1 N–H and O–H groups in total. The predicted octanol–water partition coefficient (Wildman–Crippen LogP) is 4.89. The highest BCUT2D eigenvalue weighted by molar-refractivity contribution is 7.78. The maximum atomic E-state index is 11.0. The van der Waals surface area contributed by atoms with E-state index >= 15 is 0 Å². The lowest BCUT2D eigenvalue weighted by molar-refractivity contribution is -0.385. The van der Waals surface area contributed by atoms with Crippen LogP contribution in [-0.4, -0.2) is 19.2 Å². The van der Waals surface area contributed by atoms with E-state index in [1.165, 1.54) is 16.2 Å². The third-order valence-electron chi connectivity index (χ3n) is 4.66. The number of hydrogen-bond acceptors (Lipinski definition) is 5. The van der Waals surface area contributed by atoms with Crippen LogP contribution in [0, 0.1) is 10.1 Å². The molecule has 144 valence electrons. The Morgan fingerprint density at radius 1 is 1.00 bits per heavy atom. The van der Waals surface area contributed by atoms with E-state index in [-0.39, 0.29) is 5.69 Å². The Hall–Kier alpha value is -3.42. The van der Waals surface area contributed by atoms with Gasteiger partial charge in [-0.2, -0.15) is 5.10 Å². The Labute approximate surface area is 172 Å². The first-order chi connectivity index (χ1) is 14.0. The van der Waals surface area contributed by atoms with Crippen molar-refractivity contribution in [1.29, 1.82) is 0 Å². The molecule has 0 fully saturated rings. The number of benzene rings is 3. The largest absolute Gasteiger partial charge is 0.384 e. The molecule has 0 saturated carbocycles. The zero-order chi connectivity index (χ0) is 20.4. The molecule has 0 bridgehead atoms. The van der Waals surface area contributed by atoms with Crippen LogP contribution < -0.4 is 0 Å². The van der Waals surface area contributed by atoms with Gasteiger partial charge in [-0.05, 0) is 41.6 Å². The molecule has 1 heterocycles. The fourth-order valence-electron chi connectivity index (χ4n) is 3.17. The minimum absolute atomic E-state index is 0.0600. The van der Waals surface area contributed by atoms with Crippen molar-refractivity contribution in [3.63, 3.8) is 0 Å². The Morgan fingerprint density at radius 2 is 1.76 bits per heavy atom. The van der Waals surface area contributed by atoms with E-state index in [4.69, 9.17) is 0 Å². The fourth-order valence-corrected chi connectivity index (χ4v) is 3.44. The van der Waals surface area contributed by atoms with Gasteiger partial charge in [0.15, 0.2) is 0 Å².